The van der Waals surface area contributed by atoms with E-state index < -0.39 is 22.5 Å². The number of halogens is 4. The van der Waals surface area contributed by atoms with Gasteiger partial charge < -0.3 is 5.32 Å². The van der Waals surface area contributed by atoms with Crippen LogP contribution in [-0.2, 0) is 0 Å². The van der Waals surface area contributed by atoms with Crippen LogP contribution in [0.3, 0.4) is 0 Å². The normalized spacial score (nSPS) is 16.6. The van der Waals surface area contributed by atoms with E-state index in [4.69, 9.17) is 0 Å². The molecule has 0 aliphatic heterocycles. The third kappa shape index (κ3) is 2.49. The van der Waals surface area contributed by atoms with E-state index in [0.29, 0.717) is 0 Å². The first-order valence-electron chi connectivity index (χ1n) is 5.50. The SMILES string of the molecule is O=C(NC1(C(F)(F)F)CC1)c1cccc([N+](=O)[O-])c1Br. The highest BCUT2D eigenvalue weighted by molar-refractivity contribution is 9.10. The molecule has 108 valence electrons. The van der Waals surface area contributed by atoms with Crippen LogP contribution < -0.4 is 5.32 Å². The molecule has 9 heteroatoms. The topological polar surface area (TPSA) is 72.2 Å². The maximum Gasteiger partial charge on any atom is 0.411 e. The van der Waals surface area contributed by atoms with Gasteiger partial charge in [-0.2, -0.15) is 13.2 Å². The molecule has 0 unspecified atom stereocenters. The van der Waals surface area contributed by atoms with Gasteiger partial charge in [0.05, 0.1) is 10.5 Å². The molecule has 0 heterocycles. The van der Waals surface area contributed by atoms with Gasteiger partial charge >= 0.3 is 6.18 Å². The van der Waals surface area contributed by atoms with Crippen molar-refractivity contribution >= 4 is 27.5 Å². The van der Waals surface area contributed by atoms with E-state index in [1.807, 2.05) is 5.32 Å². The predicted molar refractivity (Wildman–Crippen MR) is 66.3 cm³/mol. The van der Waals surface area contributed by atoms with Crippen LogP contribution in [0.25, 0.3) is 0 Å². The second kappa shape index (κ2) is 4.72. The fourth-order valence-corrected chi connectivity index (χ4v) is 2.31. The lowest BCUT2D eigenvalue weighted by atomic mass is 10.1. The van der Waals surface area contributed by atoms with Crippen molar-refractivity contribution in [3.63, 3.8) is 0 Å². The molecule has 0 spiro atoms. The fourth-order valence-electron chi connectivity index (χ4n) is 1.73. The van der Waals surface area contributed by atoms with E-state index in [1.165, 1.54) is 12.1 Å². The summed E-state index contributed by atoms with van der Waals surface area (Å²) in [4.78, 5) is 21.9. The summed E-state index contributed by atoms with van der Waals surface area (Å²) in [6.45, 7) is 0. The van der Waals surface area contributed by atoms with E-state index >= 15 is 0 Å². The van der Waals surface area contributed by atoms with Crippen molar-refractivity contribution in [2.45, 2.75) is 24.6 Å². The van der Waals surface area contributed by atoms with Crippen molar-refractivity contribution < 1.29 is 22.9 Å². The van der Waals surface area contributed by atoms with Crippen molar-refractivity contribution in [1.29, 1.82) is 0 Å². The molecular weight excluding hydrogens is 345 g/mol. The lowest BCUT2D eigenvalue weighted by Gasteiger charge is -2.20. The highest BCUT2D eigenvalue weighted by atomic mass is 79.9. The van der Waals surface area contributed by atoms with Gasteiger partial charge in [-0.25, -0.2) is 0 Å². The van der Waals surface area contributed by atoms with Gasteiger partial charge in [-0.1, -0.05) is 6.07 Å². The Hall–Kier alpha value is -1.64. The Morgan fingerprint density at radius 3 is 2.45 bits per heavy atom. The molecule has 1 saturated carbocycles. The largest absolute Gasteiger partial charge is 0.411 e. The van der Waals surface area contributed by atoms with Crippen LogP contribution in [0.2, 0.25) is 0 Å². The molecule has 1 aliphatic carbocycles. The zero-order valence-electron chi connectivity index (χ0n) is 9.83. The first-order valence-corrected chi connectivity index (χ1v) is 6.29. The Morgan fingerprint density at radius 1 is 1.40 bits per heavy atom. The number of rotatable bonds is 3. The highest BCUT2D eigenvalue weighted by Gasteiger charge is 2.64. The van der Waals surface area contributed by atoms with Gasteiger partial charge in [0, 0.05) is 6.07 Å². The molecule has 1 fully saturated rings. The molecular formula is C11H8BrF3N2O3. The zero-order valence-corrected chi connectivity index (χ0v) is 11.4. The van der Waals surface area contributed by atoms with Gasteiger partial charge in [0.2, 0.25) is 0 Å². The number of hydrogen-bond donors (Lipinski definition) is 1. The van der Waals surface area contributed by atoms with Crippen molar-refractivity contribution in [2.24, 2.45) is 0 Å². The number of nitro benzene ring substituents is 1. The zero-order chi connectivity index (χ0) is 15.1. The van der Waals surface area contributed by atoms with Crippen molar-refractivity contribution in [3.05, 3.63) is 38.3 Å². The number of nitrogens with zero attached hydrogens (tertiary/aromatic N) is 1. The summed E-state index contributed by atoms with van der Waals surface area (Å²) in [7, 11) is 0. The number of benzene rings is 1. The van der Waals surface area contributed by atoms with E-state index in [0.717, 1.165) is 6.07 Å². The molecule has 1 aromatic carbocycles. The third-order valence-corrected chi connectivity index (χ3v) is 3.90. The van der Waals surface area contributed by atoms with Crippen LogP contribution >= 0.6 is 15.9 Å². The highest BCUT2D eigenvalue weighted by Crippen LogP contribution is 2.49. The molecule has 5 nitrogen and oxygen atoms in total. The first kappa shape index (κ1) is 14.8. The van der Waals surface area contributed by atoms with E-state index in [9.17, 15) is 28.1 Å². The molecule has 0 saturated heterocycles. The van der Waals surface area contributed by atoms with Crippen molar-refractivity contribution in [2.75, 3.05) is 0 Å². The van der Waals surface area contributed by atoms with Gasteiger partial charge in [0.25, 0.3) is 11.6 Å². The molecule has 0 aromatic heterocycles. The number of nitrogens with one attached hydrogen (secondary N) is 1. The molecule has 2 rings (SSSR count). The number of amides is 1. The van der Waals surface area contributed by atoms with E-state index in [1.54, 1.807) is 0 Å². The lowest BCUT2D eigenvalue weighted by molar-refractivity contribution is -0.385. The second-order valence-electron chi connectivity index (χ2n) is 4.43. The van der Waals surface area contributed by atoms with Gasteiger partial charge in [-0.3, -0.25) is 14.9 Å². The first-order chi connectivity index (χ1) is 9.18. The summed E-state index contributed by atoms with van der Waals surface area (Å²) in [5.41, 5.74) is -2.78. The Bertz CT molecular complexity index is 585. The Labute approximate surface area is 119 Å². The summed E-state index contributed by atoms with van der Waals surface area (Å²) in [5, 5.41) is 12.6. The molecule has 0 radical (unpaired) electrons. The third-order valence-electron chi connectivity index (χ3n) is 3.07. The summed E-state index contributed by atoms with van der Waals surface area (Å²) in [6.07, 6.45) is -4.90. The number of carbonyl (C=O) groups excluding carboxylic acids is 1. The van der Waals surface area contributed by atoms with Crippen LogP contribution in [0.15, 0.2) is 22.7 Å². The maximum atomic E-state index is 12.7. The fraction of sp³-hybridized carbons (Fsp3) is 0.364. The minimum Gasteiger partial charge on any atom is -0.338 e. The Kier molecular flexibility index (Phi) is 3.49. The minimum atomic E-state index is -4.53. The summed E-state index contributed by atoms with van der Waals surface area (Å²) >= 11 is 2.88. The Balaban J connectivity index is 2.28. The molecule has 1 N–H and O–H groups in total. The quantitative estimate of drug-likeness (QED) is 0.670. The van der Waals surface area contributed by atoms with Gasteiger partial charge in [0.15, 0.2) is 0 Å². The molecule has 1 aliphatic rings. The number of nitro groups is 1. The summed E-state index contributed by atoms with van der Waals surface area (Å²) in [6, 6.07) is 3.61. The van der Waals surface area contributed by atoms with E-state index in [-0.39, 0.29) is 28.6 Å². The molecule has 1 amide bonds. The molecule has 1 aromatic rings. The lowest BCUT2D eigenvalue weighted by Crippen LogP contribution is -2.47. The molecule has 20 heavy (non-hydrogen) atoms. The maximum absolute atomic E-state index is 12.7. The van der Waals surface area contributed by atoms with Gasteiger partial charge in [-0.15, -0.1) is 0 Å². The van der Waals surface area contributed by atoms with Crippen LogP contribution in [0.4, 0.5) is 18.9 Å². The standard InChI is InChI=1S/C11H8BrF3N2O3/c12-8-6(2-1-3-7(8)17(19)20)9(18)16-10(4-5-10)11(13,14)15/h1-3H,4-5H2,(H,16,18). The number of alkyl halides is 3. The van der Waals surface area contributed by atoms with E-state index in [2.05, 4.69) is 15.9 Å². The monoisotopic (exact) mass is 352 g/mol. The number of hydrogen-bond acceptors (Lipinski definition) is 3. The predicted octanol–water partition coefficient (Wildman–Crippen LogP) is 3.18. The van der Waals surface area contributed by atoms with Crippen LogP contribution in [0.1, 0.15) is 23.2 Å². The van der Waals surface area contributed by atoms with Crippen LogP contribution in [-0.4, -0.2) is 22.5 Å². The van der Waals surface area contributed by atoms with Crippen molar-refractivity contribution in [3.8, 4) is 0 Å². The van der Waals surface area contributed by atoms with Gasteiger partial charge in [-0.05, 0) is 34.8 Å². The average molecular weight is 353 g/mol. The van der Waals surface area contributed by atoms with Crippen molar-refractivity contribution in [1.82, 2.24) is 5.32 Å². The Morgan fingerprint density at radius 2 is 2.00 bits per heavy atom. The van der Waals surface area contributed by atoms with Gasteiger partial charge in [0.1, 0.15) is 10.0 Å². The summed E-state index contributed by atoms with van der Waals surface area (Å²) < 4.78 is 38.1. The molecule has 0 bridgehead atoms. The average Bonchev–Trinajstić information content (AvgIpc) is 3.09. The minimum absolute atomic E-state index is 0.138. The summed E-state index contributed by atoms with van der Waals surface area (Å²) in [5.74, 6) is -0.990. The van der Waals surface area contributed by atoms with Crippen LogP contribution in [0, 0.1) is 10.1 Å². The molecule has 0 atom stereocenters. The second-order valence-corrected chi connectivity index (χ2v) is 5.22. The number of carbonyl (C=O) groups is 1. The smallest absolute Gasteiger partial charge is 0.338 e. The van der Waals surface area contributed by atoms with Crippen LogP contribution in [0.5, 0.6) is 0 Å².